The Labute approximate surface area is 128 Å². The van der Waals surface area contributed by atoms with Crippen molar-refractivity contribution in [2.24, 2.45) is 0 Å². The summed E-state index contributed by atoms with van der Waals surface area (Å²) in [7, 11) is 1.61. The molecule has 0 aliphatic heterocycles. The molecule has 0 fully saturated rings. The number of aromatic nitrogens is 3. The molecule has 3 aromatic heterocycles. The lowest BCUT2D eigenvalue weighted by Crippen LogP contribution is -2.06. The van der Waals surface area contributed by atoms with E-state index < -0.39 is 0 Å². The lowest BCUT2D eigenvalue weighted by Gasteiger charge is -2.12. The van der Waals surface area contributed by atoms with Gasteiger partial charge < -0.3 is 10.1 Å². The van der Waals surface area contributed by atoms with E-state index in [-0.39, 0.29) is 6.04 Å². The van der Waals surface area contributed by atoms with Crippen LogP contribution in [0.25, 0.3) is 10.2 Å². The van der Waals surface area contributed by atoms with E-state index in [1.54, 1.807) is 13.3 Å². The number of nitrogens with zero attached hydrogens (tertiary/aromatic N) is 3. The number of methoxy groups -OCH3 is 1. The van der Waals surface area contributed by atoms with Crippen LogP contribution in [0.4, 0.5) is 5.82 Å². The highest BCUT2D eigenvalue weighted by atomic mass is 35.5. The molecule has 3 aromatic rings. The van der Waals surface area contributed by atoms with E-state index in [1.165, 1.54) is 29.0 Å². The lowest BCUT2D eigenvalue weighted by atomic mass is 10.3. The van der Waals surface area contributed by atoms with Gasteiger partial charge in [0.05, 0.1) is 28.4 Å². The van der Waals surface area contributed by atoms with Gasteiger partial charge in [-0.25, -0.2) is 15.0 Å². The standard InChI is InChI=1S/C12H11ClN4OS2/c1-6(8-3-14-12(18-2)20-8)17-10-9-7(13)4-19-11(9)16-5-15-10/h3-6H,1-2H3,(H,15,16,17). The number of fused-ring (bicyclic) bond motifs is 1. The fourth-order valence-electron chi connectivity index (χ4n) is 1.79. The smallest absolute Gasteiger partial charge is 0.273 e. The van der Waals surface area contributed by atoms with Gasteiger partial charge in [0.25, 0.3) is 5.19 Å². The van der Waals surface area contributed by atoms with E-state index in [0.717, 1.165) is 20.9 Å². The molecule has 0 aromatic carbocycles. The monoisotopic (exact) mass is 326 g/mol. The Hall–Kier alpha value is -1.44. The molecule has 0 spiro atoms. The number of hydrogen-bond acceptors (Lipinski definition) is 7. The molecule has 0 radical (unpaired) electrons. The van der Waals surface area contributed by atoms with Crippen LogP contribution in [0.3, 0.4) is 0 Å². The lowest BCUT2D eigenvalue weighted by molar-refractivity contribution is 0.412. The molecular formula is C12H11ClN4OS2. The summed E-state index contributed by atoms with van der Waals surface area (Å²) >= 11 is 9.20. The van der Waals surface area contributed by atoms with Crippen molar-refractivity contribution in [3.63, 3.8) is 0 Å². The van der Waals surface area contributed by atoms with E-state index in [2.05, 4.69) is 20.3 Å². The van der Waals surface area contributed by atoms with Gasteiger partial charge in [0.2, 0.25) is 0 Å². The summed E-state index contributed by atoms with van der Waals surface area (Å²) in [6.45, 7) is 2.04. The molecule has 0 saturated carbocycles. The summed E-state index contributed by atoms with van der Waals surface area (Å²) in [5.74, 6) is 0.737. The van der Waals surface area contributed by atoms with E-state index in [4.69, 9.17) is 16.3 Å². The molecule has 3 rings (SSSR count). The summed E-state index contributed by atoms with van der Waals surface area (Å²) < 4.78 is 5.11. The minimum atomic E-state index is 0.0606. The highest BCUT2D eigenvalue weighted by Gasteiger charge is 2.15. The average Bonchev–Trinajstić information content (AvgIpc) is 3.06. The quantitative estimate of drug-likeness (QED) is 0.785. The summed E-state index contributed by atoms with van der Waals surface area (Å²) in [4.78, 5) is 14.6. The van der Waals surface area contributed by atoms with Gasteiger partial charge in [-0.15, -0.1) is 11.3 Å². The first-order valence-corrected chi connectivity index (χ1v) is 7.90. The van der Waals surface area contributed by atoms with Gasteiger partial charge >= 0.3 is 0 Å². The highest BCUT2D eigenvalue weighted by Crippen LogP contribution is 2.35. The molecule has 3 heterocycles. The van der Waals surface area contributed by atoms with Crippen molar-refractivity contribution >= 4 is 50.3 Å². The van der Waals surface area contributed by atoms with Crippen molar-refractivity contribution < 1.29 is 4.74 Å². The van der Waals surface area contributed by atoms with Crippen LogP contribution in [0.5, 0.6) is 5.19 Å². The minimum Gasteiger partial charge on any atom is -0.473 e. The summed E-state index contributed by atoms with van der Waals surface area (Å²) in [6, 6.07) is 0.0606. The van der Waals surface area contributed by atoms with E-state index in [9.17, 15) is 0 Å². The van der Waals surface area contributed by atoms with Gasteiger partial charge in [-0.1, -0.05) is 22.9 Å². The Bertz CT molecular complexity index is 742. The molecule has 1 unspecified atom stereocenters. The Morgan fingerprint density at radius 1 is 1.35 bits per heavy atom. The van der Waals surface area contributed by atoms with Crippen molar-refractivity contribution in [2.45, 2.75) is 13.0 Å². The first-order valence-electron chi connectivity index (χ1n) is 5.83. The largest absolute Gasteiger partial charge is 0.473 e. The fraction of sp³-hybridized carbons (Fsp3) is 0.250. The summed E-state index contributed by atoms with van der Waals surface area (Å²) in [5.41, 5.74) is 0. The number of thiazole rings is 1. The third-order valence-corrected chi connectivity index (χ3v) is 5.24. The van der Waals surface area contributed by atoms with E-state index in [1.807, 2.05) is 12.3 Å². The second kappa shape index (κ2) is 5.51. The van der Waals surface area contributed by atoms with Crippen LogP contribution >= 0.6 is 34.3 Å². The zero-order valence-electron chi connectivity index (χ0n) is 10.8. The molecule has 104 valence electrons. The van der Waals surface area contributed by atoms with Crippen LogP contribution in [0.2, 0.25) is 5.02 Å². The molecule has 0 aliphatic rings. The van der Waals surface area contributed by atoms with Gasteiger partial charge in [0, 0.05) is 11.6 Å². The van der Waals surface area contributed by atoms with Gasteiger partial charge in [-0.05, 0) is 6.92 Å². The fourth-order valence-corrected chi connectivity index (χ4v) is 3.66. The maximum absolute atomic E-state index is 6.19. The Morgan fingerprint density at radius 2 is 2.20 bits per heavy atom. The second-order valence-electron chi connectivity index (χ2n) is 4.08. The first kappa shape index (κ1) is 13.5. The van der Waals surface area contributed by atoms with Crippen LogP contribution in [0, 0.1) is 0 Å². The van der Waals surface area contributed by atoms with Crippen LogP contribution in [0.15, 0.2) is 17.9 Å². The van der Waals surface area contributed by atoms with Crippen molar-refractivity contribution in [1.29, 1.82) is 0 Å². The number of anilines is 1. The zero-order valence-corrected chi connectivity index (χ0v) is 13.1. The molecule has 20 heavy (non-hydrogen) atoms. The molecular weight excluding hydrogens is 316 g/mol. The predicted octanol–water partition coefficient (Wildman–Crippen LogP) is 3.98. The molecule has 0 amide bonds. The number of ether oxygens (including phenoxy) is 1. The third kappa shape index (κ3) is 2.44. The predicted molar refractivity (Wildman–Crippen MR) is 83.1 cm³/mol. The van der Waals surface area contributed by atoms with Crippen molar-refractivity contribution in [3.05, 3.63) is 27.8 Å². The molecule has 1 N–H and O–H groups in total. The Balaban J connectivity index is 1.90. The number of nitrogens with one attached hydrogen (secondary N) is 1. The summed E-state index contributed by atoms with van der Waals surface area (Å²) in [5, 5.41) is 7.40. The highest BCUT2D eigenvalue weighted by molar-refractivity contribution is 7.17. The van der Waals surface area contributed by atoms with Gasteiger partial charge in [-0.3, -0.25) is 0 Å². The number of halogens is 1. The average molecular weight is 327 g/mol. The van der Waals surface area contributed by atoms with Gasteiger partial charge in [-0.2, -0.15) is 0 Å². The summed E-state index contributed by atoms with van der Waals surface area (Å²) in [6.07, 6.45) is 3.34. The van der Waals surface area contributed by atoms with Crippen molar-refractivity contribution in [2.75, 3.05) is 12.4 Å². The zero-order chi connectivity index (χ0) is 14.1. The second-order valence-corrected chi connectivity index (χ2v) is 6.37. The number of thiophene rings is 1. The maximum atomic E-state index is 6.19. The maximum Gasteiger partial charge on any atom is 0.273 e. The van der Waals surface area contributed by atoms with Crippen LogP contribution in [-0.2, 0) is 0 Å². The topological polar surface area (TPSA) is 59.9 Å². The SMILES string of the molecule is COc1ncc(C(C)Nc2ncnc3scc(Cl)c23)s1. The molecule has 0 saturated heterocycles. The normalized spacial score (nSPS) is 12.6. The van der Waals surface area contributed by atoms with Crippen LogP contribution in [0.1, 0.15) is 17.8 Å². The molecule has 0 aliphatic carbocycles. The van der Waals surface area contributed by atoms with E-state index in [0.29, 0.717) is 10.2 Å². The minimum absolute atomic E-state index is 0.0606. The molecule has 8 heteroatoms. The molecule has 1 atom stereocenters. The van der Waals surface area contributed by atoms with Gasteiger partial charge in [0.15, 0.2) is 0 Å². The van der Waals surface area contributed by atoms with Crippen LogP contribution in [-0.4, -0.2) is 22.1 Å². The number of hydrogen-bond donors (Lipinski definition) is 1. The van der Waals surface area contributed by atoms with Crippen molar-refractivity contribution in [3.8, 4) is 5.19 Å². The van der Waals surface area contributed by atoms with E-state index >= 15 is 0 Å². The third-order valence-electron chi connectivity index (χ3n) is 2.78. The van der Waals surface area contributed by atoms with Gasteiger partial charge in [0.1, 0.15) is 17.0 Å². The first-order chi connectivity index (χ1) is 9.69. The molecule has 5 nitrogen and oxygen atoms in total. The number of rotatable bonds is 4. The van der Waals surface area contributed by atoms with Crippen molar-refractivity contribution in [1.82, 2.24) is 15.0 Å². The van der Waals surface area contributed by atoms with Crippen LogP contribution < -0.4 is 10.1 Å². The Morgan fingerprint density at radius 3 is 2.95 bits per heavy atom. The Kier molecular flexibility index (Phi) is 3.73. The molecule has 0 bridgehead atoms.